The Morgan fingerprint density at radius 2 is 1.52 bits per heavy atom. The fourth-order valence-electron chi connectivity index (χ4n) is 2.70. The summed E-state index contributed by atoms with van der Waals surface area (Å²) in [5.74, 6) is 0. The van der Waals surface area contributed by atoms with Gasteiger partial charge in [-0.3, -0.25) is 0 Å². The lowest BCUT2D eigenvalue weighted by Crippen LogP contribution is -2.23. The van der Waals surface area contributed by atoms with Gasteiger partial charge in [0.1, 0.15) is 5.25 Å². The summed E-state index contributed by atoms with van der Waals surface area (Å²) in [6, 6.07) is 16.1. The van der Waals surface area contributed by atoms with Crippen molar-refractivity contribution in [1.29, 1.82) is 0 Å². The number of nitrogens with two attached hydrogens (primary N) is 1. The lowest BCUT2D eigenvalue weighted by Gasteiger charge is -2.22. The summed E-state index contributed by atoms with van der Waals surface area (Å²) >= 11 is 0. The number of sulfone groups is 1. The Hall–Kier alpha value is -1.85. The molecule has 124 valence electrons. The van der Waals surface area contributed by atoms with Crippen LogP contribution >= 0.6 is 0 Å². The van der Waals surface area contributed by atoms with Gasteiger partial charge in [-0.1, -0.05) is 30.3 Å². The largest absolute Gasteiger partial charge is 0.372 e. The number of hydrogen-bond donors (Lipinski definition) is 1. The van der Waals surface area contributed by atoms with Crippen LogP contribution in [-0.2, 0) is 9.84 Å². The fourth-order valence-corrected chi connectivity index (χ4v) is 4.34. The quantitative estimate of drug-likeness (QED) is 0.846. The van der Waals surface area contributed by atoms with Crippen LogP contribution in [0.3, 0.4) is 0 Å². The second-order valence-corrected chi connectivity index (χ2v) is 7.48. The number of benzene rings is 2. The lowest BCUT2D eigenvalue weighted by molar-refractivity contribution is 0.582. The number of hydrogen-bond acceptors (Lipinski definition) is 4. The molecular formula is C18H24N2O2S. The van der Waals surface area contributed by atoms with Crippen LogP contribution in [0.2, 0.25) is 0 Å². The molecule has 0 aromatic heterocycles. The topological polar surface area (TPSA) is 63.4 Å². The maximum atomic E-state index is 12.8. The summed E-state index contributed by atoms with van der Waals surface area (Å²) in [6.45, 7) is 6.08. The molecule has 1 atom stereocenters. The van der Waals surface area contributed by atoms with Crippen molar-refractivity contribution in [2.75, 3.05) is 24.5 Å². The Kier molecular flexibility index (Phi) is 5.80. The summed E-state index contributed by atoms with van der Waals surface area (Å²) in [5.41, 5.74) is 7.61. The zero-order chi connectivity index (χ0) is 16.9. The van der Waals surface area contributed by atoms with Crippen molar-refractivity contribution in [3.8, 4) is 0 Å². The van der Waals surface area contributed by atoms with E-state index in [0.717, 1.165) is 24.3 Å². The highest BCUT2D eigenvalue weighted by molar-refractivity contribution is 7.91. The van der Waals surface area contributed by atoms with Crippen molar-refractivity contribution < 1.29 is 8.42 Å². The average molecular weight is 332 g/mol. The molecule has 2 rings (SSSR count). The first-order valence-corrected chi connectivity index (χ1v) is 9.43. The van der Waals surface area contributed by atoms with Crippen molar-refractivity contribution in [2.24, 2.45) is 5.73 Å². The maximum Gasteiger partial charge on any atom is 0.186 e. The van der Waals surface area contributed by atoms with E-state index in [1.807, 2.05) is 24.3 Å². The van der Waals surface area contributed by atoms with E-state index in [9.17, 15) is 8.42 Å². The molecule has 0 radical (unpaired) electrons. The molecule has 5 heteroatoms. The molecule has 0 spiro atoms. The van der Waals surface area contributed by atoms with Crippen molar-refractivity contribution >= 4 is 15.5 Å². The van der Waals surface area contributed by atoms with E-state index in [1.165, 1.54) is 0 Å². The van der Waals surface area contributed by atoms with Crippen LogP contribution in [0.5, 0.6) is 0 Å². The molecule has 0 bridgehead atoms. The van der Waals surface area contributed by atoms with Crippen LogP contribution in [0.25, 0.3) is 0 Å². The third-order valence-electron chi connectivity index (χ3n) is 4.05. The Morgan fingerprint density at radius 1 is 0.957 bits per heavy atom. The van der Waals surface area contributed by atoms with Gasteiger partial charge in [-0.25, -0.2) is 8.42 Å². The standard InChI is InChI=1S/C18H24N2O2S/c1-3-20(4-2)16-12-10-15(11-13-16)18(14-19)23(21,22)17-8-6-5-7-9-17/h5-13,18H,3-4,14,19H2,1-2H3. The van der Waals surface area contributed by atoms with Gasteiger partial charge in [0.05, 0.1) is 4.90 Å². The third-order valence-corrected chi connectivity index (χ3v) is 6.20. The molecule has 0 aliphatic heterocycles. The Bertz CT molecular complexity index is 708. The summed E-state index contributed by atoms with van der Waals surface area (Å²) in [5, 5.41) is -0.726. The van der Waals surface area contributed by atoms with Crippen LogP contribution < -0.4 is 10.6 Å². The van der Waals surface area contributed by atoms with Gasteiger partial charge in [-0.05, 0) is 43.7 Å². The van der Waals surface area contributed by atoms with Crippen LogP contribution in [0.15, 0.2) is 59.5 Å². The first kappa shape index (κ1) is 17.5. The van der Waals surface area contributed by atoms with E-state index in [2.05, 4.69) is 18.7 Å². The molecule has 0 fully saturated rings. The van der Waals surface area contributed by atoms with Crippen LogP contribution in [0.4, 0.5) is 5.69 Å². The molecule has 4 nitrogen and oxygen atoms in total. The zero-order valence-electron chi connectivity index (χ0n) is 13.6. The van der Waals surface area contributed by atoms with E-state index in [0.29, 0.717) is 4.90 Å². The van der Waals surface area contributed by atoms with Gasteiger partial charge in [0.15, 0.2) is 9.84 Å². The highest BCUT2D eigenvalue weighted by Gasteiger charge is 2.27. The summed E-state index contributed by atoms with van der Waals surface area (Å²) in [7, 11) is -3.49. The molecule has 0 saturated heterocycles. The Morgan fingerprint density at radius 3 is 2.00 bits per heavy atom. The van der Waals surface area contributed by atoms with Gasteiger partial charge in [-0.15, -0.1) is 0 Å². The molecule has 2 N–H and O–H groups in total. The summed E-state index contributed by atoms with van der Waals surface area (Å²) in [6.07, 6.45) is 0. The molecule has 0 heterocycles. The van der Waals surface area contributed by atoms with Gasteiger partial charge in [0, 0.05) is 25.3 Å². The number of anilines is 1. The van der Waals surface area contributed by atoms with E-state index in [4.69, 9.17) is 5.73 Å². The maximum absolute atomic E-state index is 12.8. The van der Waals surface area contributed by atoms with E-state index >= 15 is 0 Å². The second-order valence-electron chi connectivity index (χ2n) is 5.35. The molecule has 0 amide bonds. The van der Waals surface area contributed by atoms with Crippen LogP contribution in [-0.4, -0.2) is 28.1 Å². The second kappa shape index (κ2) is 7.62. The lowest BCUT2D eigenvalue weighted by atomic mass is 10.1. The molecule has 2 aromatic carbocycles. The first-order chi connectivity index (χ1) is 11.0. The highest BCUT2D eigenvalue weighted by atomic mass is 32.2. The first-order valence-electron chi connectivity index (χ1n) is 7.88. The number of rotatable bonds is 7. The molecule has 0 aliphatic carbocycles. The fraction of sp³-hybridized carbons (Fsp3) is 0.333. The predicted molar refractivity (Wildman–Crippen MR) is 95.4 cm³/mol. The third kappa shape index (κ3) is 3.74. The Labute approximate surface area is 138 Å². The summed E-state index contributed by atoms with van der Waals surface area (Å²) in [4.78, 5) is 2.52. The van der Waals surface area contributed by atoms with Crippen molar-refractivity contribution in [3.05, 3.63) is 60.2 Å². The molecule has 23 heavy (non-hydrogen) atoms. The monoisotopic (exact) mass is 332 g/mol. The molecule has 0 saturated carbocycles. The highest BCUT2D eigenvalue weighted by Crippen LogP contribution is 2.29. The molecular weight excluding hydrogens is 308 g/mol. The molecule has 0 aliphatic rings. The summed E-state index contributed by atoms with van der Waals surface area (Å²) < 4.78 is 25.6. The normalized spacial score (nSPS) is 12.8. The van der Waals surface area contributed by atoms with Crippen molar-refractivity contribution in [2.45, 2.75) is 24.0 Å². The minimum Gasteiger partial charge on any atom is -0.372 e. The van der Waals surface area contributed by atoms with Gasteiger partial charge >= 0.3 is 0 Å². The van der Waals surface area contributed by atoms with E-state index in [-0.39, 0.29) is 6.54 Å². The Balaban J connectivity index is 2.35. The van der Waals surface area contributed by atoms with Crippen molar-refractivity contribution in [1.82, 2.24) is 0 Å². The van der Waals surface area contributed by atoms with Gasteiger partial charge in [0.25, 0.3) is 0 Å². The average Bonchev–Trinajstić information content (AvgIpc) is 2.58. The predicted octanol–water partition coefficient (Wildman–Crippen LogP) is 3.01. The minimum absolute atomic E-state index is 0.0574. The zero-order valence-corrected chi connectivity index (χ0v) is 14.5. The number of nitrogens with zero attached hydrogens (tertiary/aromatic N) is 1. The van der Waals surface area contributed by atoms with Crippen LogP contribution in [0, 0.1) is 0 Å². The van der Waals surface area contributed by atoms with Gasteiger partial charge < -0.3 is 10.6 Å². The van der Waals surface area contributed by atoms with E-state index in [1.54, 1.807) is 30.3 Å². The van der Waals surface area contributed by atoms with Gasteiger partial charge in [-0.2, -0.15) is 0 Å². The van der Waals surface area contributed by atoms with Crippen molar-refractivity contribution in [3.63, 3.8) is 0 Å². The molecule has 1 unspecified atom stereocenters. The molecule has 2 aromatic rings. The SMILES string of the molecule is CCN(CC)c1ccc(C(CN)S(=O)(=O)c2ccccc2)cc1. The smallest absolute Gasteiger partial charge is 0.186 e. The van der Waals surface area contributed by atoms with Crippen LogP contribution in [0.1, 0.15) is 24.7 Å². The minimum atomic E-state index is -3.49. The van der Waals surface area contributed by atoms with E-state index < -0.39 is 15.1 Å². The van der Waals surface area contributed by atoms with Gasteiger partial charge in [0.2, 0.25) is 0 Å².